The van der Waals surface area contributed by atoms with Crippen LogP contribution in [0, 0.1) is 6.92 Å². The monoisotopic (exact) mass is 304 g/mol. The van der Waals surface area contributed by atoms with Gasteiger partial charge in [-0.3, -0.25) is 4.79 Å². The molecule has 3 heterocycles. The molecule has 1 atom stereocenters. The third-order valence-electron chi connectivity index (χ3n) is 4.36. The van der Waals surface area contributed by atoms with Crippen LogP contribution in [0.4, 0.5) is 5.82 Å². The second kappa shape index (κ2) is 6.60. The zero-order valence-electron chi connectivity index (χ0n) is 13.4. The minimum Gasteiger partial charge on any atom is -0.368 e. The number of carbonyl (C=O) groups excluding carboxylic acids is 1. The van der Waals surface area contributed by atoms with E-state index in [4.69, 9.17) is 4.74 Å². The van der Waals surface area contributed by atoms with Crippen LogP contribution in [0.2, 0.25) is 0 Å². The first-order valence-corrected chi connectivity index (χ1v) is 8.17. The van der Waals surface area contributed by atoms with Gasteiger partial charge >= 0.3 is 0 Å². The summed E-state index contributed by atoms with van der Waals surface area (Å²) >= 11 is 0. The molecule has 2 saturated heterocycles. The Morgan fingerprint density at radius 3 is 2.73 bits per heavy atom. The molecule has 1 amide bonds. The average Bonchev–Trinajstić information content (AvgIpc) is 3.08. The maximum Gasteiger partial charge on any atom is 0.251 e. The van der Waals surface area contributed by atoms with Gasteiger partial charge in [-0.1, -0.05) is 6.92 Å². The Hall–Kier alpha value is -1.69. The summed E-state index contributed by atoms with van der Waals surface area (Å²) in [7, 11) is 0. The second-order valence-corrected chi connectivity index (χ2v) is 5.93. The number of amides is 1. The van der Waals surface area contributed by atoms with Gasteiger partial charge in [-0.15, -0.1) is 0 Å². The van der Waals surface area contributed by atoms with Gasteiger partial charge < -0.3 is 14.5 Å². The molecule has 0 saturated carbocycles. The number of hydrogen-bond donors (Lipinski definition) is 0. The van der Waals surface area contributed by atoms with Crippen molar-refractivity contribution in [3.8, 4) is 0 Å². The summed E-state index contributed by atoms with van der Waals surface area (Å²) in [5.74, 6) is 1.95. The number of rotatable bonds is 3. The second-order valence-electron chi connectivity index (χ2n) is 5.93. The zero-order valence-corrected chi connectivity index (χ0v) is 13.4. The van der Waals surface area contributed by atoms with Crippen molar-refractivity contribution in [3.05, 3.63) is 17.6 Å². The Bertz CT molecular complexity index is 535. The van der Waals surface area contributed by atoms with Gasteiger partial charge in [0.05, 0.1) is 0 Å². The summed E-state index contributed by atoms with van der Waals surface area (Å²) in [6.45, 7) is 7.86. The zero-order chi connectivity index (χ0) is 15.5. The molecule has 0 radical (unpaired) electrons. The molecular weight excluding hydrogens is 280 g/mol. The highest BCUT2D eigenvalue weighted by Gasteiger charge is 2.30. The normalized spacial score (nSPS) is 22.2. The van der Waals surface area contributed by atoms with E-state index in [1.807, 2.05) is 11.8 Å². The maximum absolute atomic E-state index is 12.4. The smallest absolute Gasteiger partial charge is 0.251 e. The lowest BCUT2D eigenvalue weighted by Gasteiger charge is -2.36. The number of carbonyl (C=O) groups is 1. The standard InChI is InChI=1S/C16H24N4O2/c1-3-13-11-15(18-12(2)17-13)19-6-8-20(9-7-19)16(21)14-5-4-10-22-14/h11,14H,3-10H2,1-2H3. The first-order chi connectivity index (χ1) is 10.7. The van der Waals surface area contributed by atoms with Gasteiger partial charge in [-0.05, 0) is 26.2 Å². The third-order valence-corrected chi connectivity index (χ3v) is 4.36. The third kappa shape index (κ3) is 3.21. The number of ether oxygens (including phenoxy) is 1. The van der Waals surface area contributed by atoms with Gasteiger partial charge in [0.1, 0.15) is 17.7 Å². The topological polar surface area (TPSA) is 58.6 Å². The highest BCUT2D eigenvalue weighted by molar-refractivity contribution is 5.81. The van der Waals surface area contributed by atoms with Gasteiger partial charge in [0.15, 0.2) is 0 Å². The summed E-state index contributed by atoms with van der Waals surface area (Å²) in [6, 6.07) is 2.06. The van der Waals surface area contributed by atoms with E-state index in [-0.39, 0.29) is 12.0 Å². The van der Waals surface area contributed by atoms with Crippen LogP contribution in [0.1, 0.15) is 31.3 Å². The van der Waals surface area contributed by atoms with Crippen molar-refractivity contribution in [2.45, 2.75) is 39.2 Å². The number of piperazine rings is 1. The first kappa shape index (κ1) is 15.2. The molecule has 0 N–H and O–H groups in total. The van der Waals surface area contributed by atoms with Crippen LogP contribution < -0.4 is 4.90 Å². The summed E-state index contributed by atoms with van der Waals surface area (Å²) in [6.07, 6.45) is 2.56. The Balaban J connectivity index is 1.61. The van der Waals surface area contributed by atoms with Crippen molar-refractivity contribution in [1.82, 2.24) is 14.9 Å². The van der Waals surface area contributed by atoms with Crippen LogP contribution >= 0.6 is 0 Å². The van der Waals surface area contributed by atoms with E-state index in [2.05, 4.69) is 27.9 Å². The summed E-state index contributed by atoms with van der Waals surface area (Å²) < 4.78 is 5.50. The summed E-state index contributed by atoms with van der Waals surface area (Å²) in [4.78, 5) is 25.5. The van der Waals surface area contributed by atoms with Crippen molar-refractivity contribution in [2.75, 3.05) is 37.7 Å². The molecule has 6 heteroatoms. The highest BCUT2D eigenvalue weighted by atomic mass is 16.5. The number of aryl methyl sites for hydroxylation is 2. The predicted octanol–water partition coefficient (Wildman–Crippen LogP) is 1.18. The van der Waals surface area contributed by atoms with E-state index in [9.17, 15) is 4.79 Å². The van der Waals surface area contributed by atoms with Crippen LogP contribution in [0.5, 0.6) is 0 Å². The molecule has 2 fully saturated rings. The van der Waals surface area contributed by atoms with Gasteiger partial charge in [0.2, 0.25) is 0 Å². The molecule has 120 valence electrons. The Labute approximate surface area is 131 Å². The van der Waals surface area contributed by atoms with E-state index in [1.54, 1.807) is 0 Å². The predicted molar refractivity (Wildman–Crippen MR) is 83.9 cm³/mol. The minimum absolute atomic E-state index is 0.158. The summed E-state index contributed by atoms with van der Waals surface area (Å²) in [5, 5.41) is 0. The van der Waals surface area contributed by atoms with E-state index >= 15 is 0 Å². The fourth-order valence-corrected chi connectivity index (χ4v) is 3.09. The van der Waals surface area contributed by atoms with Crippen LogP contribution in [0.25, 0.3) is 0 Å². The first-order valence-electron chi connectivity index (χ1n) is 8.17. The summed E-state index contributed by atoms with van der Waals surface area (Å²) in [5.41, 5.74) is 1.07. The minimum atomic E-state index is -0.209. The molecule has 1 unspecified atom stereocenters. The molecule has 0 spiro atoms. The van der Waals surface area contributed by atoms with Gasteiger partial charge in [0, 0.05) is 44.5 Å². The number of anilines is 1. The molecule has 2 aliphatic heterocycles. The number of hydrogen-bond acceptors (Lipinski definition) is 5. The molecule has 0 aromatic carbocycles. The number of aromatic nitrogens is 2. The van der Waals surface area contributed by atoms with E-state index in [0.717, 1.165) is 69.4 Å². The SMILES string of the molecule is CCc1cc(N2CCN(C(=O)C3CCCO3)CC2)nc(C)n1. The van der Waals surface area contributed by atoms with Crippen molar-refractivity contribution in [2.24, 2.45) is 0 Å². The molecule has 3 rings (SSSR count). The highest BCUT2D eigenvalue weighted by Crippen LogP contribution is 2.19. The van der Waals surface area contributed by atoms with E-state index in [0.29, 0.717) is 0 Å². The molecule has 0 aliphatic carbocycles. The Morgan fingerprint density at radius 1 is 1.32 bits per heavy atom. The van der Waals surface area contributed by atoms with Crippen molar-refractivity contribution in [3.63, 3.8) is 0 Å². The molecular formula is C16H24N4O2. The fraction of sp³-hybridized carbons (Fsp3) is 0.688. The largest absolute Gasteiger partial charge is 0.368 e. The molecule has 2 aliphatic rings. The van der Waals surface area contributed by atoms with Crippen molar-refractivity contribution in [1.29, 1.82) is 0 Å². The Morgan fingerprint density at radius 2 is 2.09 bits per heavy atom. The van der Waals surface area contributed by atoms with Crippen LogP contribution in [0.15, 0.2) is 6.07 Å². The van der Waals surface area contributed by atoms with Gasteiger partial charge in [-0.2, -0.15) is 0 Å². The van der Waals surface area contributed by atoms with E-state index < -0.39 is 0 Å². The lowest BCUT2D eigenvalue weighted by molar-refractivity contribution is -0.141. The molecule has 22 heavy (non-hydrogen) atoms. The van der Waals surface area contributed by atoms with Crippen LogP contribution in [-0.4, -0.2) is 59.7 Å². The van der Waals surface area contributed by atoms with Crippen LogP contribution in [-0.2, 0) is 16.0 Å². The Kier molecular flexibility index (Phi) is 4.57. The lowest BCUT2D eigenvalue weighted by atomic mass is 10.2. The fourth-order valence-electron chi connectivity index (χ4n) is 3.09. The average molecular weight is 304 g/mol. The van der Waals surface area contributed by atoms with Gasteiger partial charge in [-0.25, -0.2) is 9.97 Å². The molecule has 1 aromatic rings. The van der Waals surface area contributed by atoms with E-state index in [1.165, 1.54) is 0 Å². The van der Waals surface area contributed by atoms with Gasteiger partial charge in [0.25, 0.3) is 5.91 Å². The maximum atomic E-state index is 12.4. The molecule has 0 bridgehead atoms. The lowest BCUT2D eigenvalue weighted by Crippen LogP contribution is -2.51. The molecule has 1 aromatic heterocycles. The quantitative estimate of drug-likeness (QED) is 0.839. The molecule has 6 nitrogen and oxygen atoms in total. The van der Waals surface area contributed by atoms with Crippen LogP contribution in [0.3, 0.4) is 0 Å². The van der Waals surface area contributed by atoms with Crippen molar-refractivity contribution >= 4 is 11.7 Å². The number of nitrogens with zero attached hydrogens (tertiary/aromatic N) is 4. The van der Waals surface area contributed by atoms with Crippen molar-refractivity contribution < 1.29 is 9.53 Å².